The van der Waals surface area contributed by atoms with Crippen LogP contribution in [0.1, 0.15) is 38.0 Å². The predicted molar refractivity (Wildman–Crippen MR) is 52.7 cm³/mol. The summed E-state index contributed by atoms with van der Waals surface area (Å²) in [5.41, 5.74) is 0. The molecule has 1 fully saturated rings. The van der Waals surface area contributed by atoms with Crippen LogP contribution >= 0.6 is 0 Å². The molecule has 1 amide bonds. The number of amides is 1. The molecule has 1 atom stereocenters. The average molecular weight is 193 g/mol. The number of hydrogen-bond donors (Lipinski definition) is 0. The lowest BCUT2D eigenvalue weighted by atomic mass is 10.00. The van der Waals surface area contributed by atoms with Gasteiger partial charge in [0.1, 0.15) is 5.76 Å². The van der Waals surface area contributed by atoms with Crippen LogP contribution in [0.15, 0.2) is 22.8 Å². The third-order valence-corrected chi connectivity index (χ3v) is 2.78. The summed E-state index contributed by atoms with van der Waals surface area (Å²) in [6, 6.07) is 3.99. The van der Waals surface area contributed by atoms with Crippen molar-refractivity contribution in [1.29, 1.82) is 0 Å². The minimum atomic E-state index is 0.145. The van der Waals surface area contributed by atoms with Crippen LogP contribution in [-0.4, -0.2) is 17.4 Å². The van der Waals surface area contributed by atoms with Gasteiger partial charge < -0.3 is 9.32 Å². The Hall–Kier alpha value is -1.25. The number of rotatable bonds is 1. The number of piperidine rings is 1. The maximum absolute atomic E-state index is 11.4. The third-order valence-electron chi connectivity index (χ3n) is 2.78. The van der Waals surface area contributed by atoms with E-state index in [1.807, 2.05) is 17.0 Å². The maximum atomic E-state index is 11.4. The Morgan fingerprint density at radius 2 is 2.43 bits per heavy atom. The molecule has 1 aromatic heterocycles. The molecule has 76 valence electrons. The van der Waals surface area contributed by atoms with Crippen LogP contribution in [-0.2, 0) is 4.79 Å². The van der Waals surface area contributed by atoms with Gasteiger partial charge in [-0.2, -0.15) is 0 Å². The summed E-state index contributed by atoms with van der Waals surface area (Å²) in [6.45, 7) is 2.49. The van der Waals surface area contributed by atoms with E-state index in [4.69, 9.17) is 4.42 Å². The molecule has 0 N–H and O–H groups in total. The van der Waals surface area contributed by atoms with Gasteiger partial charge in [-0.05, 0) is 31.4 Å². The fraction of sp³-hybridized carbons (Fsp3) is 0.545. The molecule has 3 heteroatoms. The molecule has 1 aliphatic heterocycles. The van der Waals surface area contributed by atoms with E-state index in [1.54, 1.807) is 13.2 Å². The van der Waals surface area contributed by atoms with Crippen molar-refractivity contribution in [2.24, 2.45) is 0 Å². The van der Waals surface area contributed by atoms with E-state index in [-0.39, 0.29) is 11.9 Å². The Morgan fingerprint density at radius 1 is 1.57 bits per heavy atom. The molecule has 1 aromatic rings. The van der Waals surface area contributed by atoms with E-state index >= 15 is 0 Å². The van der Waals surface area contributed by atoms with E-state index in [0.29, 0.717) is 0 Å². The smallest absolute Gasteiger partial charge is 0.220 e. The maximum Gasteiger partial charge on any atom is 0.220 e. The van der Waals surface area contributed by atoms with Crippen LogP contribution in [0.2, 0.25) is 0 Å². The molecule has 2 rings (SSSR count). The molecule has 0 saturated carbocycles. The van der Waals surface area contributed by atoms with Gasteiger partial charge in [0, 0.05) is 13.5 Å². The molecule has 14 heavy (non-hydrogen) atoms. The molecule has 0 radical (unpaired) electrons. The van der Waals surface area contributed by atoms with Crippen LogP contribution in [0.4, 0.5) is 0 Å². The van der Waals surface area contributed by atoms with Gasteiger partial charge >= 0.3 is 0 Å². The van der Waals surface area contributed by atoms with E-state index in [2.05, 4.69) is 0 Å². The normalized spacial score (nSPS) is 22.4. The van der Waals surface area contributed by atoms with Crippen LogP contribution in [0.3, 0.4) is 0 Å². The van der Waals surface area contributed by atoms with Crippen molar-refractivity contribution in [2.45, 2.75) is 32.2 Å². The lowest BCUT2D eigenvalue weighted by Gasteiger charge is -2.33. The zero-order valence-electron chi connectivity index (χ0n) is 8.40. The summed E-state index contributed by atoms with van der Waals surface area (Å²) in [5.74, 6) is 1.06. The molecule has 3 nitrogen and oxygen atoms in total. The van der Waals surface area contributed by atoms with Crippen molar-refractivity contribution in [1.82, 2.24) is 4.90 Å². The molecule has 0 bridgehead atoms. The molecular formula is C11H15NO2. The Balaban J connectivity index is 2.18. The van der Waals surface area contributed by atoms with Crippen molar-refractivity contribution in [3.63, 3.8) is 0 Å². The highest BCUT2D eigenvalue weighted by Gasteiger charge is 2.27. The minimum Gasteiger partial charge on any atom is -0.467 e. The molecule has 0 aromatic carbocycles. The molecular weight excluding hydrogens is 178 g/mol. The van der Waals surface area contributed by atoms with Crippen molar-refractivity contribution in [3.05, 3.63) is 24.2 Å². The van der Waals surface area contributed by atoms with E-state index in [0.717, 1.165) is 25.1 Å². The second kappa shape index (κ2) is 3.86. The second-order valence-electron chi connectivity index (χ2n) is 3.74. The highest BCUT2D eigenvalue weighted by Crippen LogP contribution is 2.30. The summed E-state index contributed by atoms with van der Waals surface area (Å²) < 4.78 is 5.36. The zero-order chi connectivity index (χ0) is 9.97. The Kier molecular flexibility index (Phi) is 2.57. The van der Waals surface area contributed by atoms with Crippen LogP contribution < -0.4 is 0 Å². The summed E-state index contributed by atoms with van der Waals surface area (Å²) in [5, 5.41) is 0. The van der Waals surface area contributed by atoms with Gasteiger partial charge in [0.25, 0.3) is 0 Å². The number of likely N-dealkylation sites (tertiary alicyclic amines) is 1. The number of nitrogens with zero attached hydrogens (tertiary/aromatic N) is 1. The van der Waals surface area contributed by atoms with Gasteiger partial charge in [0.05, 0.1) is 12.3 Å². The minimum absolute atomic E-state index is 0.145. The van der Waals surface area contributed by atoms with Gasteiger partial charge in [0.2, 0.25) is 5.91 Å². The number of carbonyl (C=O) groups is 1. The summed E-state index contributed by atoms with van der Waals surface area (Å²) in [6.07, 6.45) is 4.97. The standard InChI is InChI=1S/C11H15NO2/c1-9(13)12-7-3-2-5-10(12)11-6-4-8-14-11/h4,6,8,10H,2-3,5,7H2,1H3/t10-/m1/s1. The topological polar surface area (TPSA) is 33.5 Å². The number of furan rings is 1. The molecule has 0 spiro atoms. The van der Waals surface area contributed by atoms with Gasteiger partial charge in [-0.3, -0.25) is 4.79 Å². The van der Waals surface area contributed by atoms with Gasteiger partial charge in [-0.1, -0.05) is 0 Å². The monoisotopic (exact) mass is 193 g/mol. The van der Waals surface area contributed by atoms with Gasteiger partial charge in [-0.25, -0.2) is 0 Å². The number of hydrogen-bond acceptors (Lipinski definition) is 2. The molecule has 2 heterocycles. The lowest BCUT2D eigenvalue weighted by molar-refractivity contribution is -0.133. The van der Waals surface area contributed by atoms with Gasteiger partial charge in [-0.15, -0.1) is 0 Å². The van der Waals surface area contributed by atoms with E-state index in [9.17, 15) is 4.79 Å². The Labute approximate surface area is 83.7 Å². The fourth-order valence-electron chi connectivity index (χ4n) is 2.09. The van der Waals surface area contributed by atoms with Crippen molar-refractivity contribution < 1.29 is 9.21 Å². The summed E-state index contributed by atoms with van der Waals surface area (Å²) >= 11 is 0. The first-order valence-corrected chi connectivity index (χ1v) is 5.09. The largest absolute Gasteiger partial charge is 0.467 e. The zero-order valence-corrected chi connectivity index (χ0v) is 8.40. The van der Waals surface area contributed by atoms with Crippen LogP contribution in [0.25, 0.3) is 0 Å². The molecule has 0 aliphatic carbocycles. The number of carbonyl (C=O) groups excluding carboxylic acids is 1. The molecule has 0 unspecified atom stereocenters. The van der Waals surface area contributed by atoms with Crippen LogP contribution in [0.5, 0.6) is 0 Å². The first-order valence-electron chi connectivity index (χ1n) is 5.09. The first-order chi connectivity index (χ1) is 6.79. The lowest BCUT2D eigenvalue weighted by Crippen LogP contribution is -2.36. The van der Waals surface area contributed by atoms with E-state index < -0.39 is 0 Å². The SMILES string of the molecule is CC(=O)N1CCCC[C@@H]1c1ccco1. The van der Waals surface area contributed by atoms with Crippen molar-refractivity contribution >= 4 is 5.91 Å². The molecule has 1 aliphatic rings. The Morgan fingerprint density at radius 3 is 3.07 bits per heavy atom. The van der Waals surface area contributed by atoms with Crippen molar-refractivity contribution in [2.75, 3.05) is 6.54 Å². The first kappa shape index (κ1) is 9.31. The quantitative estimate of drug-likeness (QED) is 0.686. The van der Waals surface area contributed by atoms with Crippen LogP contribution in [0, 0.1) is 0 Å². The summed E-state index contributed by atoms with van der Waals surface area (Å²) in [7, 11) is 0. The highest BCUT2D eigenvalue weighted by molar-refractivity contribution is 5.73. The van der Waals surface area contributed by atoms with E-state index in [1.165, 1.54) is 6.42 Å². The highest BCUT2D eigenvalue weighted by atomic mass is 16.3. The average Bonchev–Trinajstić information content (AvgIpc) is 2.70. The summed E-state index contributed by atoms with van der Waals surface area (Å²) in [4.78, 5) is 13.3. The fourth-order valence-corrected chi connectivity index (χ4v) is 2.09. The predicted octanol–water partition coefficient (Wildman–Crippen LogP) is 2.35. The van der Waals surface area contributed by atoms with Gasteiger partial charge in [0.15, 0.2) is 0 Å². The Bertz CT molecular complexity index is 305. The molecule has 1 saturated heterocycles. The van der Waals surface area contributed by atoms with Crippen molar-refractivity contribution in [3.8, 4) is 0 Å². The third kappa shape index (κ3) is 1.67. The second-order valence-corrected chi connectivity index (χ2v) is 3.74.